The van der Waals surface area contributed by atoms with E-state index < -0.39 is 0 Å². The molecule has 0 radical (unpaired) electrons. The number of aromatic nitrogens is 4. The van der Waals surface area contributed by atoms with E-state index in [0.717, 1.165) is 44.1 Å². The fraction of sp³-hybridized carbons (Fsp3) is 0.615. The minimum atomic E-state index is 0.247. The van der Waals surface area contributed by atoms with Gasteiger partial charge in [0.1, 0.15) is 0 Å². The zero-order chi connectivity index (χ0) is 14.2. The van der Waals surface area contributed by atoms with Crippen LogP contribution in [0, 0.1) is 12.3 Å². The molecule has 108 valence electrons. The fourth-order valence-corrected chi connectivity index (χ4v) is 2.48. The van der Waals surface area contributed by atoms with Crippen LogP contribution in [0.2, 0.25) is 0 Å². The fourth-order valence-electron chi connectivity index (χ4n) is 2.48. The van der Waals surface area contributed by atoms with Crippen LogP contribution >= 0.6 is 0 Å². The number of oxazole rings is 1. The molecular formula is C13H20N6O. The van der Waals surface area contributed by atoms with Crippen LogP contribution < -0.4 is 10.6 Å². The topological polar surface area (TPSA) is 96.9 Å². The molecule has 1 aliphatic rings. The summed E-state index contributed by atoms with van der Waals surface area (Å²) < 4.78 is 5.32. The Morgan fingerprint density at radius 2 is 2.20 bits per heavy atom. The van der Waals surface area contributed by atoms with Crippen LogP contribution in [-0.2, 0) is 0 Å². The number of aromatic amines is 1. The Bertz CT molecular complexity index is 581. The molecule has 0 atom stereocenters. The van der Waals surface area contributed by atoms with Crippen LogP contribution in [0.4, 0.5) is 5.95 Å². The van der Waals surface area contributed by atoms with Crippen molar-refractivity contribution in [3.8, 4) is 11.6 Å². The van der Waals surface area contributed by atoms with Crippen LogP contribution in [0.25, 0.3) is 11.6 Å². The van der Waals surface area contributed by atoms with Gasteiger partial charge in [-0.1, -0.05) is 6.92 Å². The smallest absolute Gasteiger partial charge is 0.245 e. The molecule has 20 heavy (non-hydrogen) atoms. The summed E-state index contributed by atoms with van der Waals surface area (Å²) in [5.74, 6) is 1.99. The molecule has 1 saturated heterocycles. The predicted octanol–water partition coefficient (Wildman–Crippen LogP) is 1.33. The number of hydrogen-bond donors (Lipinski definition) is 2. The van der Waals surface area contributed by atoms with Crippen LogP contribution in [-0.4, -0.2) is 39.8 Å². The van der Waals surface area contributed by atoms with E-state index in [1.807, 2.05) is 6.92 Å². The van der Waals surface area contributed by atoms with Gasteiger partial charge < -0.3 is 15.1 Å². The lowest BCUT2D eigenvalue weighted by Gasteiger charge is -2.38. The third-order valence-corrected chi connectivity index (χ3v) is 4.18. The molecule has 2 aromatic rings. The van der Waals surface area contributed by atoms with E-state index in [4.69, 9.17) is 10.2 Å². The Labute approximate surface area is 117 Å². The molecule has 1 aliphatic heterocycles. The summed E-state index contributed by atoms with van der Waals surface area (Å²) >= 11 is 0. The third-order valence-electron chi connectivity index (χ3n) is 4.18. The van der Waals surface area contributed by atoms with E-state index in [2.05, 4.69) is 32.0 Å². The molecule has 0 spiro atoms. The van der Waals surface area contributed by atoms with Crippen molar-refractivity contribution in [2.45, 2.75) is 26.7 Å². The molecule has 0 saturated carbocycles. The first-order valence-corrected chi connectivity index (χ1v) is 6.89. The average Bonchev–Trinajstić information content (AvgIpc) is 3.08. The van der Waals surface area contributed by atoms with E-state index in [1.165, 1.54) is 6.39 Å². The molecule has 0 amide bonds. The maximum atomic E-state index is 5.83. The lowest BCUT2D eigenvalue weighted by molar-refractivity contribution is 0.257. The summed E-state index contributed by atoms with van der Waals surface area (Å²) in [7, 11) is 0. The minimum Gasteiger partial charge on any atom is -0.440 e. The highest BCUT2D eigenvalue weighted by Crippen LogP contribution is 2.31. The van der Waals surface area contributed by atoms with Crippen molar-refractivity contribution in [2.75, 3.05) is 24.5 Å². The van der Waals surface area contributed by atoms with Crippen LogP contribution in [0.5, 0.6) is 0 Å². The lowest BCUT2D eigenvalue weighted by atomic mass is 9.81. The number of nitrogens with zero attached hydrogens (tertiary/aromatic N) is 4. The van der Waals surface area contributed by atoms with Gasteiger partial charge in [0, 0.05) is 13.1 Å². The van der Waals surface area contributed by atoms with Gasteiger partial charge in [-0.15, -0.1) is 5.10 Å². The summed E-state index contributed by atoms with van der Waals surface area (Å²) in [6.45, 7) is 6.72. The number of aryl methyl sites for hydroxylation is 1. The van der Waals surface area contributed by atoms with Crippen LogP contribution in [0.3, 0.4) is 0 Å². The maximum absolute atomic E-state index is 5.83. The van der Waals surface area contributed by atoms with E-state index >= 15 is 0 Å². The molecule has 0 aliphatic carbocycles. The number of nitrogens with one attached hydrogen (secondary N) is 1. The second-order valence-electron chi connectivity index (χ2n) is 5.75. The van der Waals surface area contributed by atoms with Gasteiger partial charge in [0.2, 0.25) is 5.95 Å². The number of hydrogen-bond acceptors (Lipinski definition) is 6. The van der Waals surface area contributed by atoms with Gasteiger partial charge >= 0.3 is 0 Å². The summed E-state index contributed by atoms with van der Waals surface area (Å²) in [6.07, 6.45) is 3.55. The molecule has 2 aromatic heterocycles. The third kappa shape index (κ3) is 2.29. The van der Waals surface area contributed by atoms with E-state index in [1.54, 1.807) is 0 Å². The van der Waals surface area contributed by atoms with Gasteiger partial charge in [0.15, 0.2) is 18.0 Å². The van der Waals surface area contributed by atoms with Gasteiger partial charge in [-0.05, 0) is 31.7 Å². The summed E-state index contributed by atoms with van der Waals surface area (Å²) in [5.41, 5.74) is 6.89. The van der Waals surface area contributed by atoms with Crippen molar-refractivity contribution in [2.24, 2.45) is 11.1 Å². The molecule has 7 heteroatoms. The monoisotopic (exact) mass is 276 g/mol. The highest BCUT2D eigenvalue weighted by molar-refractivity contribution is 5.51. The zero-order valence-electron chi connectivity index (χ0n) is 11.9. The number of rotatable bonds is 3. The van der Waals surface area contributed by atoms with Gasteiger partial charge in [0.05, 0.1) is 5.69 Å². The summed E-state index contributed by atoms with van der Waals surface area (Å²) in [4.78, 5) is 10.8. The van der Waals surface area contributed by atoms with Crippen molar-refractivity contribution >= 4 is 5.95 Å². The summed E-state index contributed by atoms with van der Waals surface area (Å²) in [5, 5.41) is 7.20. The average molecular weight is 276 g/mol. The normalized spacial score (nSPS) is 18.4. The molecular weight excluding hydrogens is 256 g/mol. The summed E-state index contributed by atoms with van der Waals surface area (Å²) in [6, 6.07) is 0. The molecule has 0 bridgehead atoms. The van der Waals surface area contributed by atoms with Gasteiger partial charge in [-0.2, -0.15) is 4.98 Å². The van der Waals surface area contributed by atoms with Crippen molar-refractivity contribution in [1.82, 2.24) is 20.2 Å². The van der Waals surface area contributed by atoms with Crippen LogP contribution in [0.15, 0.2) is 10.8 Å². The zero-order valence-corrected chi connectivity index (χ0v) is 11.9. The van der Waals surface area contributed by atoms with Crippen molar-refractivity contribution in [1.29, 1.82) is 0 Å². The van der Waals surface area contributed by atoms with Crippen molar-refractivity contribution in [3.05, 3.63) is 12.1 Å². The molecule has 3 rings (SSSR count). The number of nitrogens with two attached hydrogens (primary N) is 1. The second-order valence-corrected chi connectivity index (χ2v) is 5.75. The first kappa shape index (κ1) is 13.1. The van der Waals surface area contributed by atoms with Gasteiger partial charge in [0.25, 0.3) is 0 Å². The lowest BCUT2D eigenvalue weighted by Crippen LogP contribution is -2.42. The van der Waals surface area contributed by atoms with Crippen molar-refractivity contribution in [3.63, 3.8) is 0 Å². The Morgan fingerprint density at radius 3 is 2.80 bits per heavy atom. The molecule has 0 unspecified atom stereocenters. The first-order valence-electron chi connectivity index (χ1n) is 6.89. The molecule has 3 heterocycles. The number of anilines is 1. The van der Waals surface area contributed by atoms with Crippen LogP contribution in [0.1, 0.15) is 25.5 Å². The van der Waals surface area contributed by atoms with Gasteiger partial charge in [-0.25, -0.2) is 4.98 Å². The Morgan fingerprint density at radius 1 is 1.45 bits per heavy atom. The first-order chi connectivity index (χ1) is 9.61. The maximum Gasteiger partial charge on any atom is 0.245 e. The molecule has 0 aromatic carbocycles. The quantitative estimate of drug-likeness (QED) is 0.878. The number of H-pyrrole nitrogens is 1. The van der Waals surface area contributed by atoms with E-state index in [-0.39, 0.29) is 5.41 Å². The minimum absolute atomic E-state index is 0.247. The molecule has 3 N–H and O–H groups in total. The molecule has 7 nitrogen and oxygen atoms in total. The Balaban J connectivity index is 1.74. The van der Waals surface area contributed by atoms with Crippen molar-refractivity contribution < 1.29 is 4.42 Å². The van der Waals surface area contributed by atoms with E-state index in [0.29, 0.717) is 11.6 Å². The Hall–Kier alpha value is -1.89. The SMILES string of the molecule is Cc1ncoc1-c1nc(N2CCC(C)(CN)CC2)n[nH]1. The highest BCUT2D eigenvalue weighted by Gasteiger charge is 2.30. The van der Waals surface area contributed by atoms with Gasteiger partial charge in [-0.3, -0.25) is 5.10 Å². The Kier molecular flexibility index (Phi) is 3.21. The second kappa shape index (κ2) is 4.90. The van der Waals surface area contributed by atoms with E-state index in [9.17, 15) is 0 Å². The highest BCUT2D eigenvalue weighted by atomic mass is 16.3. The number of piperidine rings is 1. The standard InChI is InChI=1S/C13H20N6O/c1-9-10(20-8-15-9)11-16-12(18-17-11)19-5-3-13(2,7-14)4-6-19/h8H,3-7,14H2,1-2H3,(H,16,17,18). The molecule has 1 fully saturated rings. The largest absolute Gasteiger partial charge is 0.440 e. The predicted molar refractivity (Wildman–Crippen MR) is 75.2 cm³/mol.